The van der Waals surface area contributed by atoms with Gasteiger partial charge in [-0.1, -0.05) is 23.7 Å². The Balaban J connectivity index is 1.87. The largest absolute Gasteiger partial charge is 0.275 e. The number of hydrogen-bond acceptors (Lipinski definition) is 5. The highest BCUT2D eigenvalue weighted by molar-refractivity contribution is 7.89. The van der Waals surface area contributed by atoms with E-state index in [4.69, 9.17) is 11.6 Å². The molecule has 124 valence electrons. The molecule has 0 aliphatic heterocycles. The maximum Gasteiger partial charge on any atom is 0.242 e. The summed E-state index contributed by atoms with van der Waals surface area (Å²) < 4.78 is 29.0. The van der Waals surface area contributed by atoms with Crippen molar-refractivity contribution in [1.29, 1.82) is 0 Å². The van der Waals surface area contributed by atoms with Gasteiger partial charge in [0, 0.05) is 31.2 Å². The van der Waals surface area contributed by atoms with E-state index in [1.165, 1.54) is 18.3 Å². The molecule has 2 aromatic heterocycles. The summed E-state index contributed by atoms with van der Waals surface area (Å²) in [5.41, 5.74) is 1.84. The van der Waals surface area contributed by atoms with Gasteiger partial charge < -0.3 is 0 Å². The number of nitrogens with one attached hydrogen (secondary N) is 1. The van der Waals surface area contributed by atoms with Gasteiger partial charge in [-0.2, -0.15) is 5.10 Å². The van der Waals surface area contributed by atoms with Crippen LogP contribution in [0.3, 0.4) is 0 Å². The first-order valence-electron chi connectivity index (χ1n) is 7.00. The van der Waals surface area contributed by atoms with Crippen LogP contribution in [-0.4, -0.2) is 28.2 Å². The first-order valence-corrected chi connectivity index (χ1v) is 8.86. The summed E-state index contributed by atoms with van der Waals surface area (Å²) in [4.78, 5) is 8.53. The van der Waals surface area contributed by atoms with E-state index in [-0.39, 0.29) is 16.5 Å². The van der Waals surface area contributed by atoms with Crippen molar-refractivity contribution < 1.29 is 8.42 Å². The van der Waals surface area contributed by atoms with E-state index in [2.05, 4.69) is 19.8 Å². The third kappa shape index (κ3) is 3.45. The van der Waals surface area contributed by atoms with Gasteiger partial charge in [-0.05, 0) is 12.1 Å². The van der Waals surface area contributed by atoms with Gasteiger partial charge in [0.2, 0.25) is 10.0 Å². The fraction of sp³-hybridized carbons (Fsp3) is 0.133. The summed E-state index contributed by atoms with van der Waals surface area (Å²) in [6.45, 7) is -0.00831. The van der Waals surface area contributed by atoms with Crippen LogP contribution in [0.15, 0.2) is 53.9 Å². The molecule has 0 radical (unpaired) electrons. The molecule has 9 heteroatoms. The van der Waals surface area contributed by atoms with Crippen molar-refractivity contribution >= 4 is 21.6 Å². The van der Waals surface area contributed by atoms with Crippen molar-refractivity contribution in [2.24, 2.45) is 7.05 Å². The van der Waals surface area contributed by atoms with Crippen molar-refractivity contribution in [1.82, 2.24) is 24.5 Å². The van der Waals surface area contributed by atoms with Gasteiger partial charge >= 0.3 is 0 Å². The highest BCUT2D eigenvalue weighted by atomic mass is 35.5. The molecule has 1 N–H and O–H groups in total. The normalized spacial score (nSPS) is 11.6. The molecule has 0 fully saturated rings. The van der Waals surface area contributed by atoms with Crippen molar-refractivity contribution in [3.8, 4) is 11.3 Å². The maximum atomic E-state index is 12.4. The minimum absolute atomic E-state index is 0.00831. The van der Waals surface area contributed by atoms with Crippen LogP contribution in [0.2, 0.25) is 5.02 Å². The Morgan fingerprint density at radius 1 is 1.21 bits per heavy atom. The molecular formula is C15H14ClN5O2S. The number of benzene rings is 1. The molecular weight excluding hydrogens is 350 g/mol. The number of aryl methyl sites for hydroxylation is 1. The lowest BCUT2D eigenvalue weighted by Gasteiger charge is -2.09. The molecule has 0 atom stereocenters. The van der Waals surface area contributed by atoms with Gasteiger partial charge in [-0.15, -0.1) is 0 Å². The van der Waals surface area contributed by atoms with E-state index in [0.29, 0.717) is 11.4 Å². The van der Waals surface area contributed by atoms with Gasteiger partial charge in [0.1, 0.15) is 4.90 Å². The van der Waals surface area contributed by atoms with E-state index < -0.39 is 10.0 Å². The Labute approximate surface area is 144 Å². The molecule has 3 rings (SSSR count). The Morgan fingerprint density at radius 3 is 2.67 bits per heavy atom. The summed E-state index contributed by atoms with van der Waals surface area (Å²) in [7, 11) is -1.96. The Hall–Kier alpha value is -2.29. The third-order valence-corrected chi connectivity index (χ3v) is 5.21. The van der Waals surface area contributed by atoms with Crippen LogP contribution < -0.4 is 4.72 Å². The van der Waals surface area contributed by atoms with E-state index in [1.54, 1.807) is 42.5 Å². The van der Waals surface area contributed by atoms with Crippen molar-refractivity contribution in [3.63, 3.8) is 0 Å². The zero-order chi connectivity index (χ0) is 17.2. The Bertz CT molecular complexity index is 971. The average Bonchev–Trinajstić information content (AvgIpc) is 3.00. The highest BCUT2D eigenvalue weighted by Crippen LogP contribution is 2.22. The van der Waals surface area contributed by atoms with Crippen molar-refractivity contribution in [2.75, 3.05) is 0 Å². The van der Waals surface area contributed by atoms with Gasteiger partial charge in [0.25, 0.3) is 0 Å². The number of rotatable bonds is 5. The number of hydrogen-bond donors (Lipinski definition) is 1. The molecule has 0 unspecified atom stereocenters. The van der Waals surface area contributed by atoms with Crippen LogP contribution >= 0.6 is 11.6 Å². The molecule has 3 aromatic rings. The average molecular weight is 364 g/mol. The predicted molar refractivity (Wildman–Crippen MR) is 89.7 cm³/mol. The van der Waals surface area contributed by atoms with Gasteiger partial charge in [-0.25, -0.2) is 13.1 Å². The minimum atomic E-state index is -3.75. The van der Waals surface area contributed by atoms with Crippen LogP contribution in [0, 0.1) is 0 Å². The smallest absolute Gasteiger partial charge is 0.242 e. The van der Waals surface area contributed by atoms with Crippen LogP contribution in [0.5, 0.6) is 0 Å². The van der Waals surface area contributed by atoms with Crippen molar-refractivity contribution in [2.45, 2.75) is 11.4 Å². The molecule has 0 bridgehead atoms. The second kappa shape index (κ2) is 6.68. The molecule has 0 aliphatic rings. The molecule has 0 saturated carbocycles. The maximum absolute atomic E-state index is 12.4. The molecule has 0 spiro atoms. The van der Waals surface area contributed by atoms with E-state index in [0.717, 1.165) is 5.56 Å². The molecule has 1 aromatic carbocycles. The summed E-state index contributed by atoms with van der Waals surface area (Å²) in [5.74, 6) is 0. The molecule has 0 amide bonds. The Morgan fingerprint density at radius 2 is 1.96 bits per heavy atom. The molecule has 0 saturated heterocycles. The highest BCUT2D eigenvalue weighted by Gasteiger charge is 2.18. The summed E-state index contributed by atoms with van der Waals surface area (Å²) in [5, 5.41) is 4.26. The molecule has 0 aliphatic carbocycles. The van der Waals surface area contributed by atoms with Gasteiger partial charge in [0.05, 0.1) is 29.2 Å². The zero-order valence-corrected chi connectivity index (χ0v) is 14.3. The third-order valence-electron chi connectivity index (χ3n) is 3.31. The Kier molecular flexibility index (Phi) is 4.61. The van der Waals surface area contributed by atoms with Crippen molar-refractivity contribution in [3.05, 3.63) is 59.8 Å². The minimum Gasteiger partial charge on any atom is -0.275 e. The predicted octanol–water partition coefficient (Wildman–Crippen LogP) is 2.01. The lowest BCUT2D eigenvalue weighted by Crippen LogP contribution is -2.24. The van der Waals surface area contributed by atoms with E-state index in [1.807, 2.05) is 0 Å². The molecule has 24 heavy (non-hydrogen) atoms. The van der Waals surface area contributed by atoms with Gasteiger partial charge in [-0.3, -0.25) is 14.6 Å². The van der Waals surface area contributed by atoms with Crippen LogP contribution in [0.4, 0.5) is 0 Å². The first-order chi connectivity index (χ1) is 11.5. The zero-order valence-electron chi connectivity index (χ0n) is 12.7. The SMILES string of the molecule is Cn1cc(-c2nccnc2CNS(=O)(=O)c2ccccc2Cl)cn1. The lowest BCUT2D eigenvalue weighted by atomic mass is 10.2. The standard InChI is InChI=1S/C15H14ClN5O2S/c1-21-10-11(8-19-21)15-13(17-6-7-18-15)9-20-24(22,23)14-5-3-2-4-12(14)16/h2-8,10,20H,9H2,1H3. The number of sulfonamides is 1. The summed E-state index contributed by atoms with van der Waals surface area (Å²) >= 11 is 5.96. The molecule has 2 heterocycles. The monoisotopic (exact) mass is 363 g/mol. The fourth-order valence-corrected chi connectivity index (χ4v) is 3.69. The quantitative estimate of drug-likeness (QED) is 0.748. The summed E-state index contributed by atoms with van der Waals surface area (Å²) in [6, 6.07) is 6.26. The summed E-state index contributed by atoms with van der Waals surface area (Å²) in [6.07, 6.45) is 6.50. The number of nitrogens with zero attached hydrogens (tertiary/aromatic N) is 4. The number of halogens is 1. The van der Waals surface area contributed by atoms with Crippen LogP contribution in [0.1, 0.15) is 5.69 Å². The topological polar surface area (TPSA) is 89.8 Å². The second-order valence-corrected chi connectivity index (χ2v) is 7.15. The molecule has 7 nitrogen and oxygen atoms in total. The van der Waals surface area contributed by atoms with Crippen LogP contribution in [0.25, 0.3) is 11.3 Å². The van der Waals surface area contributed by atoms with E-state index in [9.17, 15) is 8.42 Å². The van der Waals surface area contributed by atoms with E-state index >= 15 is 0 Å². The van der Waals surface area contributed by atoms with Crippen LogP contribution in [-0.2, 0) is 23.6 Å². The van der Waals surface area contributed by atoms with Gasteiger partial charge in [0.15, 0.2) is 0 Å². The lowest BCUT2D eigenvalue weighted by molar-refractivity contribution is 0.580. The fourth-order valence-electron chi connectivity index (χ4n) is 2.18. The first kappa shape index (κ1) is 16.6. The second-order valence-electron chi connectivity index (χ2n) is 5.01. The number of aromatic nitrogens is 4.